The number of aromatic amines is 1. The Morgan fingerprint density at radius 2 is 2.04 bits per heavy atom. The Bertz CT molecular complexity index is 844. The first-order valence-electron chi connectivity index (χ1n) is 8.39. The van der Waals surface area contributed by atoms with Crippen LogP contribution >= 0.6 is 0 Å². The highest BCUT2D eigenvalue weighted by Gasteiger charge is 2.12. The van der Waals surface area contributed by atoms with Gasteiger partial charge in [0.25, 0.3) is 0 Å². The molecule has 0 spiro atoms. The van der Waals surface area contributed by atoms with E-state index in [2.05, 4.69) is 20.1 Å². The van der Waals surface area contributed by atoms with Crippen molar-refractivity contribution in [2.45, 2.75) is 20.0 Å². The lowest BCUT2D eigenvalue weighted by Gasteiger charge is -2.17. The first kappa shape index (κ1) is 17.2. The molecule has 1 N–H and O–H groups in total. The van der Waals surface area contributed by atoms with Crippen LogP contribution < -0.4 is 9.64 Å². The number of pyridine rings is 1. The van der Waals surface area contributed by atoms with Gasteiger partial charge in [0.15, 0.2) is 0 Å². The van der Waals surface area contributed by atoms with Crippen molar-refractivity contribution < 1.29 is 9.47 Å². The van der Waals surface area contributed by atoms with Crippen LogP contribution in [0.15, 0.2) is 36.5 Å². The molecule has 132 valence electrons. The molecule has 0 unspecified atom stereocenters. The topological polar surface area (TPSA) is 63.3 Å². The van der Waals surface area contributed by atoms with Gasteiger partial charge < -0.3 is 14.4 Å². The highest BCUT2D eigenvalue weighted by atomic mass is 16.5. The van der Waals surface area contributed by atoms with Crippen LogP contribution in [0.4, 0.5) is 5.82 Å². The lowest BCUT2D eigenvalue weighted by Crippen LogP contribution is -2.22. The maximum Gasteiger partial charge on any atom is 0.128 e. The fraction of sp³-hybridized carbons (Fsp3) is 0.368. The number of hydrogen-bond acceptors (Lipinski definition) is 5. The molecule has 0 saturated heterocycles. The van der Waals surface area contributed by atoms with E-state index in [0.29, 0.717) is 6.61 Å². The zero-order valence-corrected chi connectivity index (χ0v) is 15.1. The Morgan fingerprint density at radius 1 is 1.20 bits per heavy atom. The minimum absolute atomic E-state index is 0.134. The molecule has 0 aliphatic carbocycles. The smallest absolute Gasteiger partial charge is 0.128 e. The van der Waals surface area contributed by atoms with E-state index in [4.69, 9.17) is 9.47 Å². The zero-order chi connectivity index (χ0) is 17.8. The number of H-pyrrole nitrogens is 1. The lowest BCUT2D eigenvalue weighted by molar-refractivity contribution is 0.206. The van der Waals surface area contributed by atoms with Crippen LogP contribution in [-0.2, 0) is 4.74 Å². The summed E-state index contributed by atoms with van der Waals surface area (Å²) in [7, 11) is 3.70. The molecule has 1 aromatic carbocycles. The Balaban J connectivity index is 1.95. The number of likely N-dealkylation sites (N-methyl/N-ethyl adjacent to an activating group) is 1. The van der Waals surface area contributed by atoms with Crippen LogP contribution in [0.1, 0.15) is 13.8 Å². The zero-order valence-electron chi connectivity index (χ0n) is 15.1. The highest BCUT2D eigenvalue weighted by Crippen LogP contribution is 2.30. The molecule has 0 fully saturated rings. The second-order valence-electron chi connectivity index (χ2n) is 6.26. The Kier molecular flexibility index (Phi) is 5.19. The number of anilines is 1. The molecule has 0 saturated carbocycles. The van der Waals surface area contributed by atoms with E-state index in [1.54, 1.807) is 7.11 Å². The Morgan fingerprint density at radius 3 is 2.80 bits per heavy atom. The third-order valence-electron chi connectivity index (χ3n) is 3.95. The van der Waals surface area contributed by atoms with Crippen LogP contribution in [0.2, 0.25) is 0 Å². The summed E-state index contributed by atoms with van der Waals surface area (Å²) in [5.41, 5.74) is 2.90. The standard InChI is InChI=1S/C19H24N4O2/c1-13(2)25-15-5-6-17-16(12-15)19(22-21-17)14-7-8-20-18(11-14)23(3)9-10-24-4/h5-8,11-13H,9-10H2,1-4H3,(H,21,22). The molecule has 6 heteroatoms. The Hall–Kier alpha value is -2.60. The normalized spacial score (nSPS) is 11.2. The predicted molar refractivity (Wildman–Crippen MR) is 100 cm³/mol. The maximum atomic E-state index is 5.81. The molecule has 0 radical (unpaired) electrons. The van der Waals surface area contributed by atoms with Crippen LogP contribution in [0, 0.1) is 0 Å². The van der Waals surface area contributed by atoms with Gasteiger partial charge in [-0.15, -0.1) is 0 Å². The van der Waals surface area contributed by atoms with E-state index in [1.165, 1.54) is 0 Å². The van der Waals surface area contributed by atoms with Gasteiger partial charge in [0.05, 0.1) is 18.2 Å². The molecular weight excluding hydrogens is 316 g/mol. The van der Waals surface area contributed by atoms with E-state index in [0.717, 1.165) is 40.3 Å². The van der Waals surface area contributed by atoms with E-state index >= 15 is 0 Å². The number of hydrogen-bond donors (Lipinski definition) is 1. The SMILES string of the molecule is COCCN(C)c1cc(-c2n[nH]c3ccc(OC(C)C)cc23)ccn1. The molecule has 3 rings (SSSR count). The summed E-state index contributed by atoms with van der Waals surface area (Å²) in [5.74, 6) is 1.73. The average Bonchev–Trinajstić information content (AvgIpc) is 3.02. The van der Waals surface area contributed by atoms with Crippen LogP contribution in [-0.4, -0.2) is 48.6 Å². The number of nitrogens with one attached hydrogen (secondary N) is 1. The summed E-state index contributed by atoms with van der Waals surface area (Å²) in [6.45, 7) is 5.47. The minimum atomic E-state index is 0.134. The molecule has 0 aliphatic rings. The molecule has 0 atom stereocenters. The maximum absolute atomic E-state index is 5.81. The molecular formula is C19H24N4O2. The lowest BCUT2D eigenvalue weighted by atomic mass is 10.1. The van der Waals surface area contributed by atoms with Gasteiger partial charge in [0.2, 0.25) is 0 Å². The minimum Gasteiger partial charge on any atom is -0.491 e. The number of rotatable bonds is 7. The van der Waals surface area contributed by atoms with Gasteiger partial charge in [0, 0.05) is 37.8 Å². The van der Waals surface area contributed by atoms with Crippen molar-refractivity contribution in [2.75, 3.05) is 32.2 Å². The van der Waals surface area contributed by atoms with Gasteiger partial charge in [-0.1, -0.05) is 0 Å². The first-order chi connectivity index (χ1) is 12.1. The van der Waals surface area contributed by atoms with Crippen molar-refractivity contribution >= 4 is 16.7 Å². The van der Waals surface area contributed by atoms with Gasteiger partial charge in [-0.25, -0.2) is 4.98 Å². The van der Waals surface area contributed by atoms with Crippen molar-refractivity contribution in [3.63, 3.8) is 0 Å². The summed E-state index contributed by atoms with van der Waals surface area (Å²) >= 11 is 0. The van der Waals surface area contributed by atoms with Crippen molar-refractivity contribution in [3.8, 4) is 17.0 Å². The summed E-state index contributed by atoms with van der Waals surface area (Å²) in [6, 6.07) is 10.0. The fourth-order valence-corrected chi connectivity index (χ4v) is 2.68. The second-order valence-corrected chi connectivity index (χ2v) is 6.26. The number of benzene rings is 1. The molecule has 6 nitrogen and oxygen atoms in total. The van der Waals surface area contributed by atoms with E-state index < -0.39 is 0 Å². The van der Waals surface area contributed by atoms with Crippen molar-refractivity contribution in [1.29, 1.82) is 0 Å². The summed E-state index contributed by atoms with van der Waals surface area (Å²) in [5, 5.41) is 8.62. The third-order valence-corrected chi connectivity index (χ3v) is 3.95. The molecule has 0 amide bonds. The molecule has 3 aromatic rings. The van der Waals surface area contributed by atoms with Crippen LogP contribution in [0.5, 0.6) is 5.75 Å². The number of nitrogens with zero attached hydrogens (tertiary/aromatic N) is 3. The summed E-state index contributed by atoms with van der Waals surface area (Å²) in [4.78, 5) is 6.51. The molecule has 25 heavy (non-hydrogen) atoms. The molecule has 2 heterocycles. The van der Waals surface area contributed by atoms with Gasteiger partial charge in [-0.3, -0.25) is 5.10 Å². The van der Waals surface area contributed by atoms with E-state index in [-0.39, 0.29) is 6.10 Å². The van der Waals surface area contributed by atoms with Crippen molar-refractivity contribution in [1.82, 2.24) is 15.2 Å². The summed E-state index contributed by atoms with van der Waals surface area (Å²) in [6.07, 6.45) is 1.94. The quantitative estimate of drug-likeness (QED) is 0.713. The number of ether oxygens (including phenoxy) is 2. The van der Waals surface area contributed by atoms with Crippen LogP contribution in [0.3, 0.4) is 0 Å². The number of fused-ring (bicyclic) bond motifs is 1. The second kappa shape index (κ2) is 7.53. The van der Waals surface area contributed by atoms with E-state index in [1.807, 2.05) is 57.4 Å². The first-order valence-corrected chi connectivity index (χ1v) is 8.39. The summed E-state index contributed by atoms with van der Waals surface area (Å²) < 4.78 is 11.0. The fourth-order valence-electron chi connectivity index (χ4n) is 2.68. The van der Waals surface area contributed by atoms with Crippen molar-refractivity contribution in [3.05, 3.63) is 36.5 Å². The molecule has 2 aromatic heterocycles. The predicted octanol–water partition coefficient (Wildman–Crippen LogP) is 3.49. The van der Waals surface area contributed by atoms with E-state index in [9.17, 15) is 0 Å². The number of aromatic nitrogens is 3. The van der Waals surface area contributed by atoms with Gasteiger partial charge in [-0.05, 0) is 44.2 Å². The van der Waals surface area contributed by atoms with Crippen molar-refractivity contribution in [2.24, 2.45) is 0 Å². The average molecular weight is 340 g/mol. The number of methoxy groups -OCH3 is 1. The molecule has 0 aliphatic heterocycles. The van der Waals surface area contributed by atoms with Crippen LogP contribution in [0.25, 0.3) is 22.2 Å². The monoisotopic (exact) mass is 340 g/mol. The highest BCUT2D eigenvalue weighted by molar-refractivity contribution is 5.94. The van der Waals surface area contributed by atoms with Gasteiger partial charge in [0.1, 0.15) is 17.3 Å². The largest absolute Gasteiger partial charge is 0.491 e. The molecule has 0 bridgehead atoms. The van der Waals surface area contributed by atoms with Gasteiger partial charge in [-0.2, -0.15) is 5.10 Å². The van der Waals surface area contributed by atoms with Gasteiger partial charge >= 0.3 is 0 Å². The third kappa shape index (κ3) is 3.91. The Labute approximate surface area is 147 Å².